The molecule has 2 heteroatoms. The SMILES string of the molecule is CCCCCCCC(CCCCCC)CCCCCCNC(=O)CCC(CCCCCC)CCCCCCC. The van der Waals surface area contributed by atoms with Gasteiger partial charge >= 0.3 is 0 Å². The van der Waals surface area contributed by atoms with E-state index in [0.29, 0.717) is 5.91 Å². The minimum Gasteiger partial charge on any atom is -0.356 e. The molecule has 2 unspecified atom stereocenters. The Morgan fingerprint density at radius 1 is 0.410 bits per heavy atom. The van der Waals surface area contributed by atoms with Gasteiger partial charge in [-0.05, 0) is 24.7 Å². The van der Waals surface area contributed by atoms with Crippen molar-refractivity contribution in [1.29, 1.82) is 0 Å². The summed E-state index contributed by atoms with van der Waals surface area (Å²) in [6, 6.07) is 0. The van der Waals surface area contributed by atoms with E-state index in [9.17, 15) is 4.79 Å². The van der Waals surface area contributed by atoms with E-state index in [1.807, 2.05) is 0 Å². The normalized spacial score (nSPS) is 13.0. The van der Waals surface area contributed by atoms with Gasteiger partial charge in [0.2, 0.25) is 5.91 Å². The summed E-state index contributed by atoms with van der Waals surface area (Å²) in [5.74, 6) is 2.02. The Labute approximate surface area is 248 Å². The Morgan fingerprint density at radius 2 is 0.718 bits per heavy atom. The molecule has 0 aromatic heterocycles. The monoisotopic (exact) mass is 550 g/mol. The smallest absolute Gasteiger partial charge is 0.220 e. The van der Waals surface area contributed by atoms with Crippen LogP contribution >= 0.6 is 0 Å². The van der Waals surface area contributed by atoms with Gasteiger partial charge in [0.1, 0.15) is 0 Å². The van der Waals surface area contributed by atoms with Crippen molar-refractivity contribution >= 4 is 5.91 Å². The third-order valence-corrected chi connectivity index (χ3v) is 9.00. The molecule has 0 aromatic carbocycles. The van der Waals surface area contributed by atoms with Gasteiger partial charge in [-0.25, -0.2) is 0 Å². The molecule has 0 fully saturated rings. The summed E-state index contributed by atoms with van der Waals surface area (Å²) in [6.45, 7) is 10.1. The zero-order chi connectivity index (χ0) is 28.7. The minimum absolute atomic E-state index is 0.301. The van der Waals surface area contributed by atoms with Gasteiger partial charge in [0, 0.05) is 13.0 Å². The van der Waals surface area contributed by atoms with Crippen molar-refractivity contribution in [3.05, 3.63) is 0 Å². The first-order valence-corrected chi connectivity index (χ1v) is 18.4. The van der Waals surface area contributed by atoms with Crippen molar-refractivity contribution in [2.75, 3.05) is 6.54 Å². The number of unbranched alkanes of at least 4 members (excludes halogenated alkanes) is 17. The Balaban J connectivity index is 4.04. The van der Waals surface area contributed by atoms with Gasteiger partial charge in [-0.15, -0.1) is 0 Å². The predicted octanol–water partition coefficient (Wildman–Crippen LogP) is 12.7. The minimum atomic E-state index is 0.301. The molecule has 0 aliphatic rings. The molecule has 1 amide bonds. The van der Waals surface area contributed by atoms with E-state index < -0.39 is 0 Å². The Bertz CT molecular complexity index is 476. The van der Waals surface area contributed by atoms with Crippen LogP contribution in [0.25, 0.3) is 0 Å². The van der Waals surface area contributed by atoms with E-state index in [1.165, 1.54) is 167 Å². The van der Waals surface area contributed by atoms with Crippen molar-refractivity contribution in [2.45, 2.75) is 214 Å². The van der Waals surface area contributed by atoms with E-state index in [0.717, 1.165) is 37.6 Å². The fraction of sp³-hybridized carbons (Fsp3) is 0.973. The molecule has 0 aromatic rings. The number of hydrogen-bond acceptors (Lipinski definition) is 1. The molecule has 0 bridgehead atoms. The molecular formula is C37H75NO. The molecular weight excluding hydrogens is 474 g/mol. The predicted molar refractivity (Wildman–Crippen MR) is 177 cm³/mol. The summed E-state index contributed by atoms with van der Waals surface area (Å²) in [6.07, 6.45) is 39.0. The second-order valence-electron chi connectivity index (χ2n) is 12.9. The van der Waals surface area contributed by atoms with Crippen LogP contribution < -0.4 is 5.32 Å². The average molecular weight is 550 g/mol. The van der Waals surface area contributed by atoms with Crippen molar-refractivity contribution < 1.29 is 4.79 Å². The van der Waals surface area contributed by atoms with Crippen LogP contribution in [0.3, 0.4) is 0 Å². The first kappa shape index (κ1) is 38.5. The standard InChI is InChI=1S/C37H75NO/c1-5-9-13-17-23-28-35(27-21-15-11-7-3)29-25-19-20-26-34-38-37(39)33-32-36(30-22-16-12-8-4)31-24-18-14-10-6-2/h35-36H,5-34H2,1-4H3,(H,38,39). The van der Waals surface area contributed by atoms with Crippen LogP contribution in [-0.4, -0.2) is 12.5 Å². The number of nitrogens with one attached hydrogen (secondary N) is 1. The van der Waals surface area contributed by atoms with Crippen molar-refractivity contribution in [3.63, 3.8) is 0 Å². The molecule has 0 radical (unpaired) electrons. The highest BCUT2D eigenvalue weighted by molar-refractivity contribution is 5.75. The third kappa shape index (κ3) is 28.8. The van der Waals surface area contributed by atoms with Crippen molar-refractivity contribution in [2.24, 2.45) is 11.8 Å². The van der Waals surface area contributed by atoms with Crippen LogP contribution in [0, 0.1) is 11.8 Å². The number of carbonyl (C=O) groups is 1. The average Bonchev–Trinajstić information content (AvgIpc) is 2.94. The molecule has 0 aliphatic carbocycles. The lowest BCUT2D eigenvalue weighted by Crippen LogP contribution is -2.24. The fourth-order valence-electron chi connectivity index (χ4n) is 6.22. The van der Waals surface area contributed by atoms with Crippen LogP contribution in [0.1, 0.15) is 214 Å². The first-order chi connectivity index (χ1) is 19.2. The van der Waals surface area contributed by atoms with Gasteiger partial charge in [-0.1, -0.05) is 195 Å². The number of rotatable bonds is 32. The summed E-state index contributed by atoms with van der Waals surface area (Å²) in [5, 5.41) is 3.24. The topological polar surface area (TPSA) is 29.1 Å². The summed E-state index contributed by atoms with van der Waals surface area (Å²) in [5.41, 5.74) is 0. The zero-order valence-electron chi connectivity index (χ0n) is 27.8. The quantitative estimate of drug-likeness (QED) is 0.0830. The summed E-state index contributed by atoms with van der Waals surface area (Å²) in [4.78, 5) is 12.5. The molecule has 2 nitrogen and oxygen atoms in total. The molecule has 234 valence electrons. The maximum atomic E-state index is 12.5. The Morgan fingerprint density at radius 3 is 1.10 bits per heavy atom. The highest BCUT2D eigenvalue weighted by Gasteiger charge is 2.12. The van der Waals surface area contributed by atoms with Crippen LogP contribution in [-0.2, 0) is 4.79 Å². The first-order valence-electron chi connectivity index (χ1n) is 18.4. The fourth-order valence-corrected chi connectivity index (χ4v) is 6.22. The van der Waals surface area contributed by atoms with Crippen LogP contribution in [0.4, 0.5) is 0 Å². The van der Waals surface area contributed by atoms with Crippen LogP contribution in [0.5, 0.6) is 0 Å². The van der Waals surface area contributed by atoms with Gasteiger partial charge in [0.15, 0.2) is 0 Å². The lowest BCUT2D eigenvalue weighted by Gasteiger charge is -2.17. The Kier molecular flexibility index (Phi) is 31.6. The van der Waals surface area contributed by atoms with Crippen molar-refractivity contribution in [3.8, 4) is 0 Å². The van der Waals surface area contributed by atoms with E-state index >= 15 is 0 Å². The largest absolute Gasteiger partial charge is 0.356 e. The van der Waals surface area contributed by atoms with Gasteiger partial charge in [-0.3, -0.25) is 4.79 Å². The molecule has 0 rings (SSSR count). The van der Waals surface area contributed by atoms with E-state index in [2.05, 4.69) is 33.0 Å². The zero-order valence-corrected chi connectivity index (χ0v) is 27.8. The molecule has 0 spiro atoms. The lowest BCUT2D eigenvalue weighted by molar-refractivity contribution is -0.121. The highest BCUT2D eigenvalue weighted by Crippen LogP contribution is 2.25. The van der Waals surface area contributed by atoms with Crippen molar-refractivity contribution in [1.82, 2.24) is 5.32 Å². The number of hydrogen-bond donors (Lipinski definition) is 1. The summed E-state index contributed by atoms with van der Waals surface area (Å²) >= 11 is 0. The van der Waals surface area contributed by atoms with Gasteiger partial charge in [0.05, 0.1) is 0 Å². The Hall–Kier alpha value is -0.530. The lowest BCUT2D eigenvalue weighted by atomic mass is 9.89. The van der Waals surface area contributed by atoms with Gasteiger partial charge in [0.25, 0.3) is 0 Å². The summed E-state index contributed by atoms with van der Waals surface area (Å²) in [7, 11) is 0. The van der Waals surface area contributed by atoms with Crippen LogP contribution in [0.2, 0.25) is 0 Å². The molecule has 39 heavy (non-hydrogen) atoms. The molecule has 0 heterocycles. The molecule has 0 aliphatic heterocycles. The van der Waals surface area contributed by atoms with E-state index in [4.69, 9.17) is 0 Å². The molecule has 0 saturated heterocycles. The van der Waals surface area contributed by atoms with Crippen LogP contribution in [0.15, 0.2) is 0 Å². The summed E-state index contributed by atoms with van der Waals surface area (Å²) < 4.78 is 0. The second kappa shape index (κ2) is 32.0. The van der Waals surface area contributed by atoms with Gasteiger partial charge < -0.3 is 5.32 Å². The molecule has 1 N–H and O–H groups in total. The molecule has 0 saturated carbocycles. The second-order valence-corrected chi connectivity index (χ2v) is 12.9. The van der Waals surface area contributed by atoms with E-state index in [-0.39, 0.29) is 0 Å². The van der Waals surface area contributed by atoms with E-state index in [1.54, 1.807) is 0 Å². The highest BCUT2D eigenvalue weighted by atomic mass is 16.1. The number of amides is 1. The van der Waals surface area contributed by atoms with Gasteiger partial charge in [-0.2, -0.15) is 0 Å². The maximum Gasteiger partial charge on any atom is 0.220 e. The number of carbonyl (C=O) groups excluding carboxylic acids is 1. The molecule has 2 atom stereocenters. The maximum absolute atomic E-state index is 12.5. The third-order valence-electron chi connectivity index (χ3n) is 9.00.